The van der Waals surface area contributed by atoms with E-state index in [0.717, 1.165) is 5.75 Å². The molecule has 2 fully saturated rings. The predicted octanol–water partition coefficient (Wildman–Crippen LogP) is 4.04. The second-order valence-electron chi connectivity index (χ2n) is 8.18. The Morgan fingerprint density at radius 1 is 1.12 bits per heavy atom. The number of quaternary nitrogens is 1. The lowest BCUT2D eigenvalue weighted by Gasteiger charge is -2.51. The van der Waals surface area contributed by atoms with Crippen LogP contribution >= 0.6 is 0 Å². The van der Waals surface area contributed by atoms with Crippen LogP contribution in [0.1, 0.15) is 56.3 Å². The largest absolute Gasteiger partial charge is 0.491 e. The molecule has 0 saturated carbocycles. The molecule has 0 aromatic heterocycles. The fourth-order valence-electron chi connectivity index (χ4n) is 4.64. The van der Waals surface area contributed by atoms with E-state index in [9.17, 15) is 4.79 Å². The molecule has 4 heteroatoms. The molecule has 2 aliphatic rings. The molecule has 3 rings (SSSR count). The minimum atomic E-state index is -0.216. The summed E-state index contributed by atoms with van der Waals surface area (Å²) in [5.74, 6) is 1.08. The van der Waals surface area contributed by atoms with Gasteiger partial charge in [-0.25, -0.2) is 4.79 Å². The molecule has 1 aromatic carbocycles. The second kappa shape index (κ2) is 7.77. The van der Waals surface area contributed by atoms with Crippen molar-refractivity contribution in [3.63, 3.8) is 0 Å². The second-order valence-corrected chi connectivity index (χ2v) is 8.18. The maximum absolute atomic E-state index is 12.4. The van der Waals surface area contributed by atoms with Gasteiger partial charge in [-0.1, -0.05) is 0 Å². The Kier molecular flexibility index (Phi) is 5.67. The van der Waals surface area contributed by atoms with Gasteiger partial charge in [0.05, 0.1) is 37.8 Å². The molecule has 2 heterocycles. The Hall–Kier alpha value is -1.55. The van der Waals surface area contributed by atoms with Gasteiger partial charge in [-0.2, -0.15) is 0 Å². The molecule has 2 aliphatic heterocycles. The van der Waals surface area contributed by atoms with Crippen LogP contribution in [0.4, 0.5) is 0 Å². The lowest BCUT2D eigenvalue weighted by Crippen LogP contribution is -2.61. The summed E-state index contributed by atoms with van der Waals surface area (Å²) in [6.07, 6.45) is 6.50. The molecular formula is C21H32NO3+. The average molecular weight is 346 g/mol. The average Bonchev–Trinajstić information content (AvgIpc) is 2.59. The highest BCUT2D eigenvalue weighted by Gasteiger charge is 2.43. The Morgan fingerprint density at radius 3 is 2.56 bits per heavy atom. The molecule has 25 heavy (non-hydrogen) atoms. The van der Waals surface area contributed by atoms with Crippen LogP contribution in [0.2, 0.25) is 0 Å². The van der Waals surface area contributed by atoms with Gasteiger partial charge in [-0.3, -0.25) is 0 Å². The highest BCUT2D eigenvalue weighted by Crippen LogP contribution is 2.36. The number of nitrogens with zero attached hydrogens (tertiary/aromatic N) is 1. The summed E-state index contributed by atoms with van der Waals surface area (Å²) in [7, 11) is 2.39. The van der Waals surface area contributed by atoms with Crippen molar-refractivity contribution in [2.75, 3.05) is 26.7 Å². The van der Waals surface area contributed by atoms with Gasteiger partial charge in [0.1, 0.15) is 12.4 Å². The third-order valence-corrected chi connectivity index (χ3v) is 5.90. The summed E-state index contributed by atoms with van der Waals surface area (Å²) >= 11 is 0. The molecule has 2 saturated heterocycles. The van der Waals surface area contributed by atoms with E-state index < -0.39 is 0 Å². The summed E-state index contributed by atoms with van der Waals surface area (Å²) in [4.78, 5) is 12.4. The Bertz CT molecular complexity index is 579. The molecule has 0 amide bonds. The number of ether oxygens (including phenoxy) is 2. The van der Waals surface area contributed by atoms with Gasteiger partial charge in [0.2, 0.25) is 0 Å². The molecular weight excluding hydrogens is 314 g/mol. The third kappa shape index (κ3) is 4.35. The van der Waals surface area contributed by atoms with E-state index in [2.05, 4.69) is 7.05 Å². The van der Waals surface area contributed by atoms with Crippen LogP contribution in [0.5, 0.6) is 5.75 Å². The van der Waals surface area contributed by atoms with Crippen LogP contribution in [0.15, 0.2) is 24.3 Å². The predicted molar refractivity (Wildman–Crippen MR) is 98.8 cm³/mol. The number of piperidine rings is 2. The summed E-state index contributed by atoms with van der Waals surface area (Å²) in [5, 5.41) is 0. The summed E-state index contributed by atoms with van der Waals surface area (Å²) in [6, 6.07) is 7.93. The first-order valence-corrected chi connectivity index (χ1v) is 9.76. The van der Waals surface area contributed by atoms with Gasteiger partial charge in [0, 0.05) is 12.3 Å². The number of carbonyl (C=O) groups is 1. The third-order valence-electron chi connectivity index (χ3n) is 5.90. The first-order valence-electron chi connectivity index (χ1n) is 9.76. The summed E-state index contributed by atoms with van der Waals surface area (Å²) < 4.78 is 12.5. The minimum Gasteiger partial charge on any atom is -0.491 e. The zero-order valence-corrected chi connectivity index (χ0v) is 15.9. The van der Waals surface area contributed by atoms with Gasteiger partial charge >= 0.3 is 5.97 Å². The van der Waals surface area contributed by atoms with E-state index >= 15 is 0 Å². The number of esters is 1. The van der Waals surface area contributed by atoms with Crippen molar-refractivity contribution in [3.05, 3.63) is 29.8 Å². The lowest BCUT2D eigenvalue weighted by molar-refractivity contribution is -0.947. The Balaban J connectivity index is 1.56. The molecule has 0 radical (unpaired) electrons. The van der Waals surface area contributed by atoms with E-state index in [0.29, 0.717) is 24.1 Å². The molecule has 1 unspecified atom stereocenters. The highest BCUT2D eigenvalue weighted by molar-refractivity contribution is 5.89. The van der Waals surface area contributed by atoms with Crippen LogP contribution in [0.25, 0.3) is 0 Å². The maximum atomic E-state index is 12.4. The van der Waals surface area contributed by atoms with Crippen LogP contribution in [0, 0.1) is 5.92 Å². The first-order chi connectivity index (χ1) is 12.0. The zero-order chi connectivity index (χ0) is 17.9. The fourth-order valence-corrected chi connectivity index (χ4v) is 4.64. The van der Waals surface area contributed by atoms with E-state index in [4.69, 9.17) is 9.47 Å². The number of hydrogen-bond donors (Lipinski definition) is 0. The quantitative estimate of drug-likeness (QED) is 0.596. The van der Waals surface area contributed by atoms with Crippen LogP contribution in [-0.2, 0) is 4.74 Å². The zero-order valence-electron chi connectivity index (χ0n) is 15.9. The molecule has 0 bridgehead atoms. The monoisotopic (exact) mass is 346 g/mol. The van der Waals surface area contributed by atoms with Crippen molar-refractivity contribution >= 4 is 5.97 Å². The van der Waals surface area contributed by atoms with Gasteiger partial charge in [-0.15, -0.1) is 0 Å². The van der Waals surface area contributed by atoms with Crippen molar-refractivity contribution < 1.29 is 18.8 Å². The molecule has 0 aliphatic carbocycles. The van der Waals surface area contributed by atoms with Crippen molar-refractivity contribution in [2.45, 2.75) is 58.1 Å². The molecule has 4 nitrogen and oxygen atoms in total. The molecule has 0 spiro atoms. The maximum Gasteiger partial charge on any atom is 0.338 e. The lowest BCUT2D eigenvalue weighted by atomic mass is 9.82. The van der Waals surface area contributed by atoms with Gasteiger partial charge in [-0.05, 0) is 63.8 Å². The van der Waals surface area contributed by atoms with E-state index in [-0.39, 0.29) is 12.1 Å². The van der Waals surface area contributed by atoms with E-state index in [1.165, 1.54) is 49.7 Å². The fraction of sp³-hybridized carbons (Fsp3) is 0.667. The first kappa shape index (κ1) is 18.2. The topological polar surface area (TPSA) is 35.5 Å². The standard InChI is InChI=1S/C21H32NO3/c1-16(2)25-19-11-9-17(10-12-19)21(23)24-15-18-7-6-14-22(3)13-5-4-8-20(18)22/h9-12,16,18,20H,4-8,13-15H2,1-3H3/q+1/t18-,20+,22?/m0/s1. The smallest absolute Gasteiger partial charge is 0.338 e. The molecule has 0 N–H and O–H groups in total. The van der Waals surface area contributed by atoms with Gasteiger partial charge < -0.3 is 14.0 Å². The summed E-state index contributed by atoms with van der Waals surface area (Å²) in [6.45, 7) is 7.11. The number of rotatable bonds is 5. The van der Waals surface area contributed by atoms with Crippen LogP contribution in [-0.4, -0.2) is 49.3 Å². The van der Waals surface area contributed by atoms with Gasteiger partial charge in [0.25, 0.3) is 0 Å². The number of benzene rings is 1. The highest BCUT2D eigenvalue weighted by atomic mass is 16.5. The van der Waals surface area contributed by atoms with E-state index in [1.807, 2.05) is 26.0 Å². The van der Waals surface area contributed by atoms with Crippen LogP contribution < -0.4 is 4.74 Å². The Morgan fingerprint density at radius 2 is 1.84 bits per heavy atom. The molecule has 138 valence electrons. The normalized spacial score (nSPS) is 29.1. The van der Waals surface area contributed by atoms with Gasteiger partial charge in [0.15, 0.2) is 0 Å². The van der Waals surface area contributed by atoms with E-state index in [1.54, 1.807) is 12.1 Å². The molecule has 3 atom stereocenters. The number of hydrogen-bond acceptors (Lipinski definition) is 3. The number of fused-ring (bicyclic) bond motifs is 1. The van der Waals surface area contributed by atoms with Crippen molar-refractivity contribution in [1.82, 2.24) is 0 Å². The van der Waals surface area contributed by atoms with Crippen LogP contribution in [0.3, 0.4) is 0 Å². The minimum absolute atomic E-state index is 0.132. The van der Waals surface area contributed by atoms with Crippen molar-refractivity contribution in [3.8, 4) is 5.75 Å². The van der Waals surface area contributed by atoms with Crippen molar-refractivity contribution in [2.24, 2.45) is 5.92 Å². The number of carbonyl (C=O) groups excluding carboxylic acids is 1. The van der Waals surface area contributed by atoms with Crippen molar-refractivity contribution in [1.29, 1.82) is 0 Å². The SMILES string of the molecule is CC(C)Oc1ccc(C(=O)OC[C@@H]2CCC[N+]3(C)CCCC[C@H]23)cc1. The summed E-state index contributed by atoms with van der Waals surface area (Å²) in [5.41, 5.74) is 0.604. The molecule has 1 aromatic rings. The Labute approximate surface area is 151 Å².